The standard InChI is InChI=1S/C13H30O3Si/c1-7-12(11-17(14-5)15-6)16-13(8-2,9-3)10-4/h12,17H,7-11H2,1-6H3. The summed E-state index contributed by atoms with van der Waals surface area (Å²) in [5.74, 6) is 0. The van der Waals surface area contributed by atoms with Crippen LogP contribution >= 0.6 is 0 Å². The second-order valence-corrected chi connectivity index (χ2v) is 6.80. The maximum absolute atomic E-state index is 6.34. The number of hydrogen-bond acceptors (Lipinski definition) is 3. The largest absolute Gasteiger partial charge is 0.400 e. The van der Waals surface area contributed by atoms with Crippen molar-refractivity contribution in [1.82, 2.24) is 0 Å². The minimum absolute atomic E-state index is 0.0428. The number of ether oxygens (including phenoxy) is 1. The highest BCUT2D eigenvalue weighted by Crippen LogP contribution is 2.28. The second kappa shape index (κ2) is 9.08. The molecule has 0 aromatic carbocycles. The molecule has 17 heavy (non-hydrogen) atoms. The third kappa shape index (κ3) is 5.51. The van der Waals surface area contributed by atoms with E-state index in [2.05, 4.69) is 27.7 Å². The van der Waals surface area contributed by atoms with E-state index in [9.17, 15) is 0 Å². The van der Waals surface area contributed by atoms with Crippen LogP contribution in [0.5, 0.6) is 0 Å². The number of hydrogen-bond donors (Lipinski definition) is 0. The van der Waals surface area contributed by atoms with Crippen molar-refractivity contribution in [1.29, 1.82) is 0 Å². The summed E-state index contributed by atoms with van der Waals surface area (Å²) in [7, 11) is 1.96. The fourth-order valence-electron chi connectivity index (χ4n) is 2.15. The first-order valence-corrected chi connectivity index (χ1v) is 8.60. The first kappa shape index (κ1) is 17.1. The molecule has 0 saturated carbocycles. The van der Waals surface area contributed by atoms with Crippen LogP contribution in [0.3, 0.4) is 0 Å². The highest BCUT2D eigenvalue weighted by Gasteiger charge is 2.29. The van der Waals surface area contributed by atoms with Gasteiger partial charge in [-0.3, -0.25) is 0 Å². The summed E-state index contributed by atoms with van der Waals surface area (Å²) < 4.78 is 17.1. The molecule has 0 saturated heterocycles. The van der Waals surface area contributed by atoms with Crippen LogP contribution in [-0.2, 0) is 13.6 Å². The van der Waals surface area contributed by atoms with Crippen LogP contribution < -0.4 is 0 Å². The molecule has 0 aromatic heterocycles. The SMILES string of the molecule is CCC(C[SiH](OC)OC)OC(CC)(CC)CC. The monoisotopic (exact) mass is 262 g/mol. The van der Waals surface area contributed by atoms with Crippen LogP contribution in [0.25, 0.3) is 0 Å². The average molecular weight is 262 g/mol. The molecular formula is C13H30O3Si. The molecule has 1 atom stereocenters. The summed E-state index contributed by atoms with van der Waals surface area (Å²) in [5, 5.41) is 0. The molecule has 0 radical (unpaired) electrons. The molecule has 0 heterocycles. The Morgan fingerprint density at radius 2 is 1.41 bits per heavy atom. The molecule has 1 unspecified atom stereocenters. The predicted molar refractivity (Wildman–Crippen MR) is 74.7 cm³/mol. The van der Waals surface area contributed by atoms with Gasteiger partial charge in [0.2, 0.25) is 0 Å². The molecular weight excluding hydrogens is 232 g/mol. The summed E-state index contributed by atoms with van der Waals surface area (Å²) in [6.07, 6.45) is 4.51. The van der Waals surface area contributed by atoms with E-state index in [0.29, 0.717) is 0 Å². The third-order valence-electron chi connectivity index (χ3n) is 3.79. The van der Waals surface area contributed by atoms with Gasteiger partial charge >= 0.3 is 9.28 Å². The number of rotatable bonds is 10. The molecule has 4 heteroatoms. The van der Waals surface area contributed by atoms with Crippen LogP contribution in [-0.4, -0.2) is 35.2 Å². The van der Waals surface area contributed by atoms with Crippen LogP contribution in [0.4, 0.5) is 0 Å². The van der Waals surface area contributed by atoms with Crippen molar-refractivity contribution in [2.45, 2.75) is 71.1 Å². The zero-order valence-corrected chi connectivity index (χ0v) is 13.6. The van der Waals surface area contributed by atoms with E-state index in [1.165, 1.54) is 0 Å². The molecule has 0 N–H and O–H groups in total. The fourth-order valence-corrected chi connectivity index (χ4v) is 3.59. The Labute approximate surface area is 109 Å². The lowest BCUT2D eigenvalue weighted by Crippen LogP contribution is -2.37. The molecule has 0 aliphatic heterocycles. The van der Waals surface area contributed by atoms with Gasteiger partial charge in [-0.15, -0.1) is 0 Å². The second-order valence-electron chi connectivity index (χ2n) is 4.53. The zero-order chi connectivity index (χ0) is 13.3. The van der Waals surface area contributed by atoms with E-state index < -0.39 is 9.28 Å². The Hall–Kier alpha value is 0.0969. The van der Waals surface area contributed by atoms with Crippen molar-refractivity contribution < 1.29 is 13.6 Å². The van der Waals surface area contributed by atoms with Crippen LogP contribution in [0.2, 0.25) is 6.04 Å². The summed E-state index contributed by atoms with van der Waals surface area (Å²) in [6.45, 7) is 8.80. The molecule has 0 spiro atoms. The first-order valence-electron chi connectivity index (χ1n) is 6.84. The Bertz CT molecular complexity index is 171. The molecule has 0 fully saturated rings. The highest BCUT2D eigenvalue weighted by atomic mass is 28.3. The van der Waals surface area contributed by atoms with Gasteiger partial charge in [-0.1, -0.05) is 27.7 Å². The van der Waals surface area contributed by atoms with Crippen molar-refractivity contribution in [2.75, 3.05) is 14.2 Å². The van der Waals surface area contributed by atoms with Crippen LogP contribution in [0.1, 0.15) is 53.4 Å². The molecule has 0 aromatic rings. The molecule has 0 bridgehead atoms. The molecule has 0 aliphatic rings. The minimum Gasteiger partial charge on any atom is -0.400 e. The summed E-state index contributed by atoms with van der Waals surface area (Å²) in [6, 6.07) is 0.936. The van der Waals surface area contributed by atoms with E-state index in [0.717, 1.165) is 31.7 Å². The van der Waals surface area contributed by atoms with Crippen molar-refractivity contribution in [2.24, 2.45) is 0 Å². The van der Waals surface area contributed by atoms with Crippen LogP contribution in [0, 0.1) is 0 Å². The van der Waals surface area contributed by atoms with Crippen LogP contribution in [0.15, 0.2) is 0 Å². The van der Waals surface area contributed by atoms with Crippen molar-refractivity contribution >= 4 is 9.28 Å². The van der Waals surface area contributed by atoms with Gasteiger partial charge in [-0.25, -0.2) is 0 Å². The zero-order valence-electron chi connectivity index (χ0n) is 12.4. The smallest absolute Gasteiger partial charge is 0.323 e. The van der Waals surface area contributed by atoms with E-state index in [4.69, 9.17) is 13.6 Å². The van der Waals surface area contributed by atoms with Crippen molar-refractivity contribution in [3.63, 3.8) is 0 Å². The van der Waals surface area contributed by atoms with E-state index >= 15 is 0 Å². The highest BCUT2D eigenvalue weighted by molar-refractivity contribution is 6.44. The topological polar surface area (TPSA) is 27.7 Å². The molecule has 0 aliphatic carbocycles. The van der Waals surface area contributed by atoms with E-state index in [-0.39, 0.29) is 11.7 Å². The quantitative estimate of drug-likeness (QED) is 0.566. The van der Waals surface area contributed by atoms with E-state index in [1.54, 1.807) is 14.2 Å². The predicted octanol–water partition coefficient (Wildman–Crippen LogP) is 3.26. The van der Waals surface area contributed by atoms with Gasteiger partial charge in [-0.2, -0.15) is 0 Å². The summed E-state index contributed by atoms with van der Waals surface area (Å²) in [5.41, 5.74) is 0.0428. The van der Waals surface area contributed by atoms with Crippen molar-refractivity contribution in [3.05, 3.63) is 0 Å². The van der Waals surface area contributed by atoms with Gasteiger partial charge < -0.3 is 13.6 Å². The normalized spacial score (nSPS) is 14.3. The summed E-state index contributed by atoms with van der Waals surface area (Å²) >= 11 is 0. The van der Waals surface area contributed by atoms with Gasteiger partial charge in [0, 0.05) is 20.3 Å². The lowest BCUT2D eigenvalue weighted by atomic mass is 9.93. The average Bonchev–Trinajstić information content (AvgIpc) is 2.40. The summed E-state index contributed by atoms with van der Waals surface area (Å²) in [4.78, 5) is 0. The maximum atomic E-state index is 6.34. The van der Waals surface area contributed by atoms with Gasteiger partial charge in [0.15, 0.2) is 0 Å². The molecule has 0 amide bonds. The lowest BCUT2D eigenvalue weighted by Gasteiger charge is -2.35. The minimum atomic E-state index is -1.52. The maximum Gasteiger partial charge on any atom is 0.323 e. The van der Waals surface area contributed by atoms with Gasteiger partial charge in [0.1, 0.15) is 0 Å². The molecule has 3 nitrogen and oxygen atoms in total. The Morgan fingerprint density at radius 3 is 1.71 bits per heavy atom. The Morgan fingerprint density at radius 1 is 0.941 bits per heavy atom. The van der Waals surface area contributed by atoms with Gasteiger partial charge in [0.05, 0.1) is 11.7 Å². The van der Waals surface area contributed by atoms with Gasteiger partial charge in [-0.05, 0) is 25.7 Å². The van der Waals surface area contributed by atoms with Gasteiger partial charge in [0.25, 0.3) is 0 Å². The Balaban J connectivity index is 4.45. The lowest BCUT2D eigenvalue weighted by molar-refractivity contribution is -0.0968. The fraction of sp³-hybridized carbons (Fsp3) is 1.00. The molecule has 0 rings (SSSR count). The first-order chi connectivity index (χ1) is 8.11. The third-order valence-corrected chi connectivity index (χ3v) is 5.75. The van der Waals surface area contributed by atoms with E-state index in [1.807, 2.05) is 0 Å². The van der Waals surface area contributed by atoms with Crippen molar-refractivity contribution in [3.8, 4) is 0 Å². The molecule has 104 valence electrons. The Kier molecular flexibility index (Phi) is 9.14.